The van der Waals surface area contributed by atoms with E-state index in [1.165, 1.54) is 0 Å². The molecule has 0 aliphatic rings. The van der Waals surface area contributed by atoms with Crippen LogP contribution in [0.5, 0.6) is 0 Å². The van der Waals surface area contributed by atoms with Crippen molar-refractivity contribution < 1.29 is 4.79 Å². The maximum absolute atomic E-state index is 11.7. The Hall–Kier alpha value is -0.350. The number of halogens is 1. The van der Waals surface area contributed by atoms with Crippen molar-refractivity contribution in [2.75, 3.05) is 6.54 Å². The van der Waals surface area contributed by atoms with Crippen LogP contribution < -0.4 is 5.32 Å². The molecule has 16 heavy (non-hydrogen) atoms. The molecule has 1 atom stereocenters. The van der Waals surface area contributed by atoms with E-state index >= 15 is 0 Å². The number of nitrogens with one attached hydrogen (secondary N) is 1. The van der Waals surface area contributed by atoms with Crippen LogP contribution in [-0.4, -0.2) is 17.3 Å². The van der Waals surface area contributed by atoms with E-state index < -0.39 is 0 Å². The Balaban J connectivity index is 2.37. The molecule has 1 amide bonds. The second-order valence-corrected chi connectivity index (χ2v) is 5.77. The van der Waals surface area contributed by atoms with Crippen molar-refractivity contribution >= 4 is 33.2 Å². The molecular formula is C12H18BrNOS. The number of hydrogen-bond acceptors (Lipinski definition) is 2. The summed E-state index contributed by atoms with van der Waals surface area (Å²) in [6.07, 6.45) is 2.28. The van der Waals surface area contributed by atoms with Gasteiger partial charge in [-0.15, -0.1) is 0 Å². The van der Waals surface area contributed by atoms with E-state index in [0.29, 0.717) is 17.3 Å². The van der Waals surface area contributed by atoms with Crippen molar-refractivity contribution in [3.8, 4) is 0 Å². The quantitative estimate of drug-likeness (QED) is 0.798. The monoisotopic (exact) mass is 303 g/mol. The highest BCUT2D eigenvalue weighted by Crippen LogP contribution is 2.19. The maximum Gasteiger partial charge on any atom is 0.252 e. The molecule has 0 saturated heterocycles. The molecule has 1 heterocycles. The van der Waals surface area contributed by atoms with Crippen molar-refractivity contribution in [1.29, 1.82) is 0 Å². The molecule has 0 aliphatic carbocycles. The van der Waals surface area contributed by atoms with Crippen LogP contribution in [0.15, 0.2) is 16.8 Å². The van der Waals surface area contributed by atoms with E-state index in [2.05, 4.69) is 35.1 Å². The summed E-state index contributed by atoms with van der Waals surface area (Å²) >= 11 is 5.19. The smallest absolute Gasteiger partial charge is 0.252 e. The zero-order valence-corrected chi connectivity index (χ0v) is 12.1. The van der Waals surface area contributed by atoms with Crippen LogP contribution in [-0.2, 0) is 0 Å². The van der Waals surface area contributed by atoms with Gasteiger partial charge in [0.1, 0.15) is 0 Å². The lowest BCUT2D eigenvalue weighted by atomic mass is 9.99. The highest BCUT2D eigenvalue weighted by molar-refractivity contribution is 9.09. The third-order valence-electron chi connectivity index (χ3n) is 2.80. The molecule has 1 unspecified atom stereocenters. The highest BCUT2D eigenvalue weighted by Gasteiger charge is 2.16. The van der Waals surface area contributed by atoms with Gasteiger partial charge in [-0.05, 0) is 17.4 Å². The van der Waals surface area contributed by atoms with Crippen LogP contribution in [0.3, 0.4) is 0 Å². The van der Waals surface area contributed by atoms with Crippen LogP contribution in [0.1, 0.15) is 37.0 Å². The number of amides is 1. The fourth-order valence-electron chi connectivity index (χ4n) is 1.65. The van der Waals surface area contributed by atoms with Gasteiger partial charge in [0.15, 0.2) is 0 Å². The molecule has 0 aromatic carbocycles. The van der Waals surface area contributed by atoms with E-state index in [-0.39, 0.29) is 5.91 Å². The molecular weight excluding hydrogens is 286 g/mol. The molecule has 0 radical (unpaired) electrons. The van der Waals surface area contributed by atoms with Gasteiger partial charge in [-0.25, -0.2) is 0 Å². The molecule has 1 aromatic rings. The minimum absolute atomic E-state index is 0.0247. The van der Waals surface area contributed by atoms with Gasteiger partial charge < -0.3 is 5.32 Å². The predicted molar refractivity (Wildman–Crippen MR) is 73.4 cm³/mol. The Morgan fingerprint density at radius 1 is 1.50 bits per heavy atom. The standard InChI is InChI=1S/C12H18BrNOS/c1-3-9(4-2)11(13)7-14-12(15)10-5-6-16-8-10/h5-6,8-9,11H,3-4,7H2,1-2H3,(H,14,15). The van der Waals surface area contributed by atoms with Crippen molar-refractivity contribution in [2.24, 2.45) is 5.92 Å². The largest absolute Gasteiger partial charge is 0.351 e. The number of carbonyl (C=O) groups is 1. The van der Waals surface area contributed by atoms with E-state index in [1.54, 1.807) is 11.3 Å². The Bertz CT molecular complexity index is 309. The lowest BCUT2D eigenvalue weighted by Crippen LogP contribution is -2.32. The van der Waals surface area contributed by atoms with E-state index in [0.717, 1.165) is 18.4 Å². The average molecular weight is 304 g/mol. The molecule has 0 aliphatic heterocycles. The van der Waals surface area contributed by atoms with Gasteiger partial charge in [-0.3, -0.25) is 4.79 Å². The first-order valence-electron chi connectivity index (χ1n) is 5.63. The van der Waals surface area contributed by atoms with Gasteiger partial charge in [-0.2, -0.15) is 11.3 Å². The number of hydrogen-bond donors (Lipinski definition) is 1. The number of rotatable bonds is 6. The Morgan fingerprint density at radius 2 is 2.19 bits per heavy atom. The first-order chi connectivity index (χ1) is 7.69. The molecule has 0 fully saturated rings. The summed E-state index contributed by atoms with van der Waals surface area (Å²) in [6, 6.07) is 1.85. The summed E-state index contributed by atoms with van der Waals surface area (Å²) in [5.41, 5.74) is 0.759. The third-order valence-corrected chi connectivity index (χ3v) is 4.56. The van der Waals surface area contributed by atoms with Crippen LogP contribution in [0, 0.1) is 5.92 Å². The SMILES string of the molecule is CCC(CC)C(Br)CNC(=O)c1ccsc1. The van der Waals surface area contributed by atoms with Gasteiger partial charge in [-0.1, -0.05) is 42.6 Å². The topological polar surface area (TPSA) is 29.1 Å². The molecule has 4 heteroatoms. The van der Waals surface area contributed by atoms with Crippen LogP contribution in [0.25, 0.3) is 0 Å². The molecule has 1 rings (SSSR count). The van der Waals surface area contributed by atoms with E-state index in [4.69, 9.17) is 0 Å². The minimum atomic E-state index is 0.0247. The summed E-state index contributed by atoms with van der Waals surface area (Å²) in [4.78, 5) is 12.1. The normalized spacial score (nSPS) is 12.8. The number of alkyl halides is 1. The minimum Gasteiger partial charge on any atom is -0.351 e. The first kappa shape index (κ1) is 13.7. The van der Waals surface area contributed by atoms with Gasteiger partial charge in [0.25, 0.3) is 5.91 Å². The van der Waals surface area contributed by atoms with E-state index in [9.17, 15) is 4.79 Å². The van der Waals surface area contributed by atoms with Crippen molar-refractivity contribution in [3.05, 3.63) is 22.4 Å². The summed E-state index contributed by atoms with van der Waals surface area (Å²) < 4.78 is 0. The summed E-state index contributed by atoms with van der Waals surface area (Å²) in [5.74, 6) is 0.652. The zero-order valence-electron chi connectivity index (χ0n) is 9.70. The molecule has 90 valence electrons. The fourth-order valence-corrected chi connectivity index (χ4v) is 3.20. The molecule has 0 saturated carbocycles. The highest BCUT2D eigenvalue weighted by atomic mass is 79.9. The van der Waals surface area contributed by atoms with Gasteiger partial charge in [0.05, 0.1) is 0 Å². The van der Waals surface area contributed by atoms with Crippen LogP contribution in [0.2, 0.25) is 0 Å². The molecule has 1 N–H and O–H groups in total. The van der Waals surface area contributed by atoms with Crippen molar-refractivity contribution in [2.45, 2.75) is 31.5 Å². The summed E-state index contributed by atoms with van der Waals surface area (Å²) in [5, 5.41) is 6.74. The van der Waals surface area contributed by atoms with E-state index in [1.807, 2.05) is 16.8 Å². The molecule has 0 bridgehead atoms. The molecule has 0 spiro atoms. The number of thiophene rings is 1. The van der Waals surface area contributed by atoms with Crippen molar-refractivity contribution in [3.63, 3.8) is 0 Å². The second-order valence-electron chi connectivity index (χ2n) is 3.81. The fraction of sp³-hybridized carbons (Fsp3) is 0.583. The lowest BCUT2D eigenvalue weighted by Gasteiger charge is -2.19. The molecule has 2 nitrogen and oxygen atoms in total. The second kappa shape index (κ2) is 7.07. The Morgan fingerprint density at radius 3 is 2.69 bits per heavy atom. The van der Waals surface area contributed by atoms with Crippen LogP contribution in [0.4, 0.5) is 0 Å². The zero-order chi connectivity index (χ0) is 12.0. The first-order valence-corrected chi connectivity index (χ1v) is 7.49. The van der Waals surface area contributed by atoms with Gasteiger partial charge >= 0.3 is 0 Å². The van der Waals surface area contributed by atoms with Crippen molar-refractivity contribution in [1.82, 2.24) is 5.32 Å². The lowest BCUT2D eigenvalue weighted by molar-refractivity contribution is 0.0952. The van der Waals surface area contributed by atoms with Gasteiger partial charge in [0, 0.05) is 22.3 Å². The predicted octanol–water partition coefficient (Wildman–Crippen LogP) is 3.68. The summed E-state index contributed by atoms with van der Waals surface area (Å²) in [6.45, 7) is 5.06. The number of carbonyl (C=O) groups excluding carboxylic acids is 1. The Kier molecular flexibility index (Phi) is 6.06. The summed E-state index contributed by atoms with van der Waals surface area (Å²) in [7, 11) is 0. The molecule has 1 aromatic heterocycles. The third kappa shape index (κ3) is 3.91. The van der Waals surface area contributed by atoms with Crippen LogP contribution >= 0.6 is 27.3 Å². The maximum atomic E-state index is 11.7. The Labute approximate surface area is 110 Å². The van der Waals surface area contributed by atoms with Gasteiger partial charge in [0.2, 0.25) is 0 Å². The average Bonchev–Trinajstić information content (AvgIpc) is 2.81.